The van der Waals surface area contributed by atoms with Crippen LogP contribution in [0.1, 0.15) is 34.1 Å². The molecule has 0 aliphatic carbocycles. The summed E-state index contributed by atoms with van der Waals surface area (Å²) in [4.78, 5) is 24.3. The Hall–Kier alpha value is -1.78. The highest BCUT2D eigenvalue weighted by atomic mass is 35.5. The molecule has 0 saturated heterocycles. The van der Waals surface area contributed by atoms with Gasteiger partial charge >= 0.3 is 5.97 Å². The van der Waals surface area contributed by atoms with E-state index in [2.05, 4.69) is 0 Å². The zero-order valence-electron chi connectivity index (χ0n) is 11.3. The summed E-state index contributed by atoms with van der Waals surface area (Å²) in [6.07, 6.45) is 0.465. The number of carbonyl (C=O) groups is 2. The van der Waals surface area contributed by atoms with E-state index in [4.69, 9.17) is 11.6 Å². The molecule has 108 valence electrons. The number of benzene rings is 2. The number of aromatic carboxylic acids is 1. The average molecular weight is 321 g/mol. The molecule has 0 bridgehead atoms. The van der Waals surface area contributed by atoms with Gasteiger partial charge in [0.15, 0.2) is 5.78 Å². The third-order valence-corrected chi connectivity index (χ3v) is 4.22. The molecular formula is C16H13ClO3S. The molecule has 0 aliphatic heterocycles. The maximum Gasteiger partial charge on any atom is 0.336 e. The monoisotopic (exact) mass is 320 g/mol. The van der Waals surface area contributed by atoms with Gasteiger partial charge in [-0.25, -0.2) is 4.79 Å². The van der Waals surface area contributed by atoms with E-state index >= 15 is 0 Å². The minimum absolute atomic E-state index is 0.0873. The van der Waals surface area contributed by atoms with Crippen molar-refractivity contribution < 1.29 is 14.7 Å². The molecule has 0 radical (unpaired) electrons. The maximum atomic E-state index is 11.6. The molecule has 21 heavy (non-hydrogen) atoms. The molecule has 2 aromatic carbocycles. The Balaban J connectivity index is 2.26. The zero-order chi connectivity index (χ0) is 15.4. The van der Waals surface area contributed by atoms with Crippen LogP contribution in [0.15, 0.2) is 52.3 Å². The third-order valence-electron chi connectivity index (χ3n) is 2.90. The molecule has 1 N–H and O–H groups in total. The van der Waals surface area contributed by atoms with Crippen LogP contribution in [0.2, 0.25) is 5.02 Å². The molecular weight excluding hydrogens is 308 g/mol. The Kier molecular flexibility index (Phi) is 5.04. The largest absolute Gasteiger partial charge is 0.478 e. The maximum absolute atomic E-state index is 11.6. The van der Waals surface area contributed by atoms with Crippen molar-refractivity contribution >= 4 is 35.1 Å². The number of carbonyl (C=O) groups excluding carboxylic acids is 1. The molecule has 0 unspecified atom stereocenters. The number of carboxylic acid groups (broad SMARTS) is 1. The molecule has 0 atom stereocenters. The molecule has 0 heterocycles. The first kappa shape index (κ1) is 15.6. The van der Waals surface area contributed by atoms with Crippen molar-refractivity contribution in [2.45, 2.75) is 23.1 Å². The summed E-state index contributed by atoms with van der Waals surface area (Å²) in [5.74, 6) is -0.929. The summed E-state index contributed by atoms with van der Waals surface area (Å²) in [6.45, 7) is 1.82. The summed E-state index contributed by atoms with van der Waals surface area (Å²) in [7, 11) is 0. The van der Waals surface area contributed by atoms with Crippen molar-refractivity contribution in [1.29, 1.82) is 0 Å². The predicted octanol–water partition coefficient (Wildman–Crippen LogP) is 4.78. The van der Waals surface area contributed by atoms with E-state index in [1.807, 2.05) is 19.1 Å². The number of hydrogen-bond donors (Lipinski definition) is 1. The van der Waals surface area contributed by atoms with Crippen molar-refractivity contribution in [3.8, 4) is 0 Å². The summed E-state index contributed by atoms with van der Waals surface area (Å²) in [6, 6.07) is 11.9. The Morgan fingerprint density at radius 1 is 1.14 bits per heavy atom. The van der Waals surface area contributed by atoms with E-state index in [1.165, 1.54) is 17.8 Å². The fourth-order valence-corrected chi connectivity index (χ4v) is 2.89. The normalized spacial score (nSPS) is 10.4. The van der Waals surface area contributed by atoms with Crippen LogP contribution in [0.5, 0.6) is 0 Å². The second-order valence-electron chi connectivity index (χ2n) is 4.35. The van der Waals surface area contributed by atoms with Crippen LogP contribution in [0.3, 0.4) is 0 Å². The molecule has 5 heteroatoms. The van der Waals surface area contributed by atoms with Crippen LogP contribution in [0, 0.1) is 0 Å². The number of halogens is 1. The Morgan fingerprint density at radius 3 is 2.38 bits per heavy atom. The number of carboxylic acids is 1. The third kappa shape index (κ3) is 3.86. The molecule has 2 rings (SSSR count). The Labute approximate surface area is 131 Å². The van der Waals surface area contributed by atoms with Gasteiger partial charge in [0.1, 0.15) is 0 Å². The predicted molar refractivity (Wildman–Crippen MR) is 83.6 cm³/mol. The molecule has 2 aromatic rings. The Morgan fingerprint density at radius 2 is 1.81 bits per heavy atom. The fraction of sp³-hybridized carbons (Fsp3) is 0.125. The summed E-state index contributed by atoms with van der Waals surface area (Å²) in [5.41, 5.74) is 0.831. The number of hydrogen-bond acceptors (Lipinski definition) is 3. The van der Waals surface area contributed by atoms with Crippen molar-refractivity contribution in [1.82, 2.24) is 0 Å². The molecule has 0 amide bonds. The van der Waals surface area contributed by atoms with E-state index in [9.17, 15) is 14.7 Å². The molecule has 0 aliphatic rings. The van der Waals surface area contributed by atoms with Crippen LogP contribution in [-0.4, -0.2) is 16.9 Å². The summed E-state index contributed by atoms with van der Waals surface area (Å²) in [5, 5.41) is 9.59. The van der Waals surface area contributed by atoms with Gasteiger partial charge in [0, 0.05) is 26.8 Å². The first-order valence-electron chi connectivity index (χ1n) is 6.35. The Bertz CT molecular complexity index is 680. The van der Waals surface area contributed by atoms with Crippen LogP contribution in [-0.2, 0) is 0 Å². The lowest BCUT2D eigenvalue weighted by molar-refractivity contribution is 0.0693. The lowest BCUT2D eigenvalue weighted by Crippen LogP contribution is -1.99. The van der Waals surface area contributed by atoms with E-state index in [1.54, 1.807) is 24.3 Å². The van der Waals surface area contributed by atoms with Crippen LogP contribution in [0.4, 0.5) is 0 Å². The quantitative estimate of drug-likeness (QED) is 0.805. The lowest BCUT2D eigenvalue weighted by Gasteiger charge is -2.07. The second kappa shape index (κ2) is 6.78. The summed E-state index contributed by atoms with van der Waals surface area (Å²) >= 11 is 7.15. The smallest absolute Gasteiger partial charge is 0.336 e. The molecule has 0 spiro atoms. The number of Topliss-reactive ketones (excluding diaryl/α,β-unsaturated/α-hetero) is 1. The van der Waals surface area contributed by atoms with Crippen LogP contribution in [0.25, 0.3) is 0 Å². The van der Waals surface area contributed by atoms with Crippen molar-refractivity contribution in [2.75, 3.05) is 0 Å². The van der Waals surface area contributed by atoms with Gasteiger partial charge in [-0.3, -0.25) is 4.79 Å². The molecule has 0 saturated carbocycles. The fourth-order valence-electron chi connectivity index (χ4n) is 1.80. The lowest BCUT2D eigenvalue weighted by atomic mass is 10.1. The van der Waals surface area contributed by atoms with E-state index in [0.29, 0.717) is 21.9 Å². The minimum Gasteiger partial charge on any atom is -0.478 e. The SMILES string of the molecule is CCC(=O)c1ccc(Sc2ccc(Cl)cc2C(=O)O)cc1. The highest BCUT2D eigenvalue weighted by molar-refractivity contribution is 7.99. The van der Waals surface area contributed by atoms with Crippen molar-refractivity contribution in [2.24, 2.45) is 0 Å². The van der Waals surface area contributed by atoms with E-state index in [-0.39, 0.29) is 11.3 Å². The highest BCUT2D eigenvalue weighted by Gasteiger charge is 2.12. The molecule has 0 fully saturated rings. The molecule has 0 aromatic heterocycles. The zero-order valence-corrected chi connectivity index (χ0v) is 12.9. The first-order chi connectivity index (χ1) is 10.0. The van der Waals surface area contributed by atoms with E-state index in [0.717, 1.165) is 4.90 Å². The van der Waals surface area contributed by atoms with Gasteiger partial charge in [0.05, 0.1) is 5.56 Å². The van der Waals surface area contributed by atoms with Gasteiger partial charge in [-0.05, 0) is 30.3 Å². The summed E-state index contributed by atoms with van der Waals surface area (Å²) < 4.78 is 0. The van der Waals surface area contributed by atoms with Crippen LogP contribution < -0.4 is 0 Å². The first-order valence-corrected chi connectivity index (χ1v) is 7.54. The van der Waals surface area contributed by atoms with Crippen LogP contribution >= 0.6 is 23.4 Å². The van der Waals surface area contributed by atoms with Gasteiger partial charge in [-0.15, -0.1) is 0 Å². The standard InChI is InChI=1S/C16H13ClO3S/c1-2-14(18)10-3-6-12(7-4-10)21-15-8-5-11(17)9-13(15)16(19)20/h3-9H,2H2,1H3,(H,19,20). The van der Waals surface area contributed by atoms with E-state index < -0.39 is 5.97 Å². The number of ketones is 1. The van der Waals surface area contributed by atoms with Gasteiger partial charge in [0.2, 0.25) is 0 Å². The second-order valence-corrected chi connectivity index (χ2v) is 5.90. The average Bonchev–Trinajstić information content (AvgIpc) is 2.49. The van der Waals surface area contributed by atoms with Gasteiger partial charge in [-0.1, -0.05) is 42.4 Å². The topological polar surface area (TPSA) is 54.4 Å². The minimum atomic E-state index is -1.02. The highest BCUT2D eigenvalue weighted by Crippen LogP contribution is 2.32. The number of rotatable bonds is 5. The van der Waals surface area contributed by atoms with Gasteiger partial charge in [-0.2, -0.15) is 0 Å². The van der Waals surface area contributed by atoms with Gasteiger partial charge in [0.25, 0.3) is 0 Å². The van der Waals surface area contributed by atoms with Crippen molar-refractivity contribution in [3.05, 3.63) is 58.6 Å². The van der Waals surface area contributed by atoms with Crippen molar-refractivity contribution in [3.63, 3.8) is 0 Å². The molecule has 3 nitrogen and oxygen atoms in total. The van der Waals surface area contributed by atoms with Gasteiger partial charge < -0.3 is 5.11 Å².